The number of primary amides is 1. The molecule has 0 aliphatic carbocycles. The van der Waals surface area contributed by atoms with E-state index in [1.807, 2.05) is 6.92 Å². The van der Waals surface area contributed by atoms with Crippen LogP contribution in [0.4, 0.5) is 8.78 Å². The highest BCUT2D eigenvalue weighted by molar-refractivity contribution is 7.99. The van der Waals surface area contributed by atoms with Gasteiger partial charge in [-0.1, -0.05) is 12.1 Å². The molecule has 18 heavy (non-hydrogen) atoms. The van der Waals surface area contributed by atoms with E-state index in [1.54, 1.807) is 23.9 Å². The molecule has 1 unspecified atom stereocenters. The third-order valence-electron chi connectivity index (χ3n) is 2.29. The van der Waals surface area contributed by atoms with Gasteiger partial charge in [0.1, 0.15) is 5.75 Å². The summed E-state index contributed by atoms with van der Waals surface area (Å²) < 4.78 is 28.2. The molecule has 1 atom stereocenters. The molecule has 0 spiro atoms. The average molecular weight is 275 g/mol. The molecule has 1 rings (SSSR count). The van der Waals surface area contributed by atoms with Crippen molar-refractivity contribution in [2.45, 2.75) is 25.2 Å². The van der Waals surface area contributed by atoms with Crippen LogP contribution in [0.2, 0.25) is 0 Å². The number of hydrogen-bond donors (Lipinski definition) is 1. The Kier molecular flexibility index (Phi) is 5.91. The molecule has 0 aliphatic heterocycles. The van der Waals surface area contributed by atoms with Gasteiger partial charge in [0.2, 0.25) is 5.91 Å². The number of rotatable bonds is 7. The van der Waals surface area contributed by atoms with E-state index < -0.39 is 6.61 Å². The maximum Gasteiger partial charge on any atom is 0.387 e. The molecule has 6 heteroatoms. The van der Waals surface area contributed by atoms with Crippen LogP contribution in [0, 0.1) is 0 Å². The van der Waals surface area contributed by atoms with Gasteiger partial charge in [-0.2, -0.15) is 20.5 Å². The molecule has 0 bridgehead atoms. The molecule has 2 N–H and O–H groups in total. The minimum Gasteiger partial charge on any atom is -0.435 e. The third kappa shape index (κ3) is 5.35. The summed E-state index contributed by atoms with van der Waals surface area (Å²) in [6.45, 7) is -0.826. The van der Waals surface area contributed by atoms with Crippen LogP contribution >= 0.6 is 11.8 Å². The highest BCUT2D eigenvalue weighted by Gasteiger charge is 2.08. The van der Waals surface area contributed by atoms with Crippen LogP contribution in [0.25, 0.3) is 0 Å². The fourth-order valence-electron chi connectivity index (χ4n) is 1.35. The minimum atomic E-state index is -2.81. The first-order valence-electron chi connectivity index (χ1n) is 5.43. The SMILES string of the molecule is CC(SCCC(N)=O)c1ccc(OC(F)F)cc1. The summed E-state index contributed by atoms with van der Waals surface area (Å²) in [6, 6.07) is 6.48. The molecule has 0 aliphatic rings. The van der Waals surface area contributed by atoms with Crippen LogP contribution in [0.1, 0.15) is 24.2 Å². The zero-order valence-corrected chi connectivity index (χ0v) is 10.8. The Morgan fingerprint density at radius 2 is 2.00 bits per heavy atom. The predicted molar refractivity (Wildman–Crippen MR) is 67.8 cm³/mol. The number of thioether (sulfide) groups is 1. The van der Waals surface area contributed by atoms with Gasteiger partial charge in [-0.25, -0.2) is 0 Å². The van der Waals surface area contributed by atoms with Crippen molar-refractivity contribution in [3.8, 4) is 5.75 Å². The fourth-order valence-corrected chi connectivity index (χ4v) is 2.37. The van der Waals surface area contributed by atoms with Crippen molar-refractivity contribution in [3.63, 3.8) is 0 Å². The summed E-state index contributed by atoms with van der Waals surface area (Å²) in [6.07, 6.45) is 0.335. The van der Waals surface area contributed by atoms with Gasteiger partial charge in [-0.15, -0.1) is 0 Å². The first-order chi connectivity index (χ1) is 8.49. The lowest BCUT2D eigenvalue weighted by molar-refractivity contribution is -0.117. The summed E-state index contributed by atoms with van der Waals surface area (Å²) in [4.78, 5) is 10.6. The maximum absolute atomic E-state index is 12.0. The van der Waals surface area contributed by atoms with E-state index >= 15 is 0 Å². The van der Waals surface area contributed by atoms with E-state index in [2.05, 4.69) is 4.74 Å². The number of hydrogen-bond acceptors (Lipinski definition) is 3. The third-order valence-corrected chi connectivity index (χ3v) is 3.50. The van der Waals surface area contributed by atoms with E-state index in [0.29, 0.717) is 12.2 Å². The predicted octanol–water partition coefficient (Wildman–Crippen LogP) is 2.96. The zero-order chi connectivity index (χ0) is 13.5. The number of halogens is 2. The van der Waals surface area contributed by atoms with Gasteiger partial charge < -0.3 is 10.5 Å². The lowest BCUT2D eigenvalue weighted by Gasteiger charge is -2.12. The zero-order valence-electron chi connectivity index (χ0n) is 9.94. The van der Waals surface area contributed by atoms with Gasteiger partial charge in [0.05, 0.1) is 0 Å². The van der Waals surface area contributed by atoms with Gasteiger partial charge in [0.25, 0.3) is 0 Å². The molecule has 3 nitrogen and oxygen atoms in total. The van der Waals surface area contributed by atoms with E-state index in [1.165, 1.54) is 12.1 Å². The highest BCUT2D eigenvalue weighted by atomic mass is 32.2. The van der Waals surface area contributed by atoms with Crippen LogP contribution in [0.5, 0.6) is 5.75 Å². The van der Waals surface area contributed by atoms with Crippen LogP contribution in [-0.4, -0.2) is 18.3 Å². The van der Waals surface area contributed by atoms with E-state index in [4.69, 9.17) is 5.73 Å². The Bertz CT molecular complexity index is 384. The van der Waals surface area contributed by atoms with Crippen molar-refractivity contribution in [2.75, 3.05) is 5.75 Å². The van der Waals surface area contributed by atoms with Crippen molar-refractivity contribution in [3.05, 3.63) is 29.8 Å². The quantitative estimate of drug-likeness (QED) is 0.832. The van der Waals surface area contributed by atoms with E-state index in [9.17, 15) is 13.6 Å². The van der Waals surface area contributed by atoms with E-state index in [0.717, 1.165) is 5.56 Å². The molecule has 1 aromatic rings. The van der Waals surface area contributed by atoms with Gasteiger partial charge >= 0.3 is 6.61 Å². The van der Waals surface area contributed by atoms with E-state index in [-0.39, 0.29) is 16.9 Å². The molecule has 100 valence electrons. The normalized spacial score (nSPS) is 12.4. The highest BCUT2D eigenvalue weighted by Crippen LogP contribution is 2.29. The molecular weight excluding hydrogens is 260 g/mol. The second-order valence-corrected chi connectivity index (χ2v) is 5.13. The van der Waals surface area contributed by atoms with Crippen molar-refractivity contribution < 1.29 is 18.3 Å². The number of ether oxygens (including phenoxy) is 1. The second kappa shape index (κ2) is 7.20. The van der Waals surface area contributed by atoms with Crippen LogP contribution in [0.3, 0.4) is 0 Å². The standard InChI is InChI=1S/C12H15F2NO2S/c1-8(18-7-6-11(15)16)9-2-4-10(5-3-9)17-12(13)14/h2-5,8,12H,6-7H2,1H3,(H2,15,16). The molecule has 1 aromatic carbocycles. The van der Waals surface area contributed by atoms with Gasteiger partial charge in [0, 0.05) is 17.4 Å². The average Bonchev–Trinajstić information content (AvgIpc) is 2.28. The number of nitrogens with two attached hydrogens (primary N) is 1. The fraction of sp³-hybridized carbons (Fsp3) is 0.417. The molecular formula is C12H15F2NO2S. The molecule has 0 heterocycles. The Morgan fingerprint density at radius 3 is 2.50 bits per heavy atom. The number of amides is 1. The molecule has 0 fully saturated rings. The Balaban J connectivity index is 2.48. The van der Waals surface area contributed by atoms with Crippen molar-refractivity contribution >= 4 is 17.7 Å². The van der Waals surface area contributed by atoms with Gasteiger partial charge in [0.15, 0.2) is 0 Å². The Labute approximate surface area is 109 Å². The summed E-state index contributed by atoms with van der Waals surface area (Å²) >= 11 is 1.59. The number of alkyl halides is 2. The molecule has 1 amide bonds. The van der Waals surface area contributed by atoms with Crippen molar-refractivity contribution in [1.82, 2.24) is 0 Å². The van der Waals surface area contributed by atoms with Crippen LogP contribution < -0.4 is 10.5 Å². The van der Waals surface area contributed by atoms with Crippen LogP contribution in [-0.2, 0) is 4.79 Å². The summed E-state index contributed by atoms with van der Waals surface area (Å²) in [5.41, 5.74) is 6.04. The topological polar surface area (TPSA) is 52.3 Å². The molecule has 0 aromatic heterocycles. The summed E-state index contributed by atoms with van der Waals surface area (Å²) in [7, 11) is 0. The van der Waals surface area contributed by atoms with Gasteiger partial charge in [-0.3, -0.25) is 4.79 Å². The first-order valence-corrected chi connectivity index (χ1v) is 6.48. The Hall–Kier alpha value is -1.30. The minimum absolute atomic E-state index is 0.142. The number of carbonyl (C=O) groups is 1. The van der Waals surface area contributed by atoms with Gasteiger partial charge in [-0.05, 0) is 24.6 Å². The lowest BCUT2D eigenvalue weighted by Crippen LogP contribution is -2.11. The molecule has 0 saturated carbocycles. The largest absolute Gasteiger partial charge is 0.435 e. The smallest absolute Gasteiger partial charge is 0.387 e. The second-order valence-electron chi connectivity index (χ2n) is 3.68. The maximum atomic E-state index is 12.0. The lowest BCUT2D eigenvalue weighted by atomic mass is 10.2. The number of benzene rings is 1. The summed E-state index contributed by atoms with van der Waals surface area (Å²) in [5, 5.41) is 0.171. The first kappa shape index (κ1) is 14.8. The number of carbonyl (C=O) groups excluding carboxylic acids is 1. The Morgan fingerprint density at radius 1 is 1.39 bits per heavy atom. The van der Waals surface area contributed by atoms with Crippen molar-refractivity contribution in [2.24, 2.45) is 5.73 Å². The van der Waals surface area contributed by atoms with Crippen molar-refractivity contribution in [1.29, 1.82) is 0 Å². The monoisotopic (exact) mass is 275 g/mol. The molecule has 0 radical (unpaired) electrons. The molecule has 0 saturated heterocycles. The van der Waals surface area contributed by atoms with Crippen LogP contribution in [0.15, 0.2) is 24.3 Å². The summed E-state index contributed by atoms with van der Waals surface area (Å²) in [5.74, 6) is 0.463.